The predicted molar refractivity (Wildman–Crippen MR) is 89.0 cm³/mol. The highest BCUT2D eigenvalue weighted by Gasteiger charge is 2.11. The van der Waals surface area contributed by atoms with Crippen LogP contribution in [-0.4, -0.2) is 15.8 Å². The van der Waals surface area contributed by atoms with Crippen molar-refractivity contribution in [1.82, 2.24) is 9.55 Å². The summed E-state index contributed by atoms with van der Waals surface area (Å²) in [6.45, 7) is 0. The van der Waals surface area contributed by atoms with Gasteiger partial charge in [0, 0.05) is 33.8 Å². The van der Waals surface area contributed by atoms with Crippen molar-refractivity contribution < 1.29 is 4.79 Å². The number of carbonyl (C=O) groups excluding carboxylic acids is 1. The number of pyridine rings is 1. The van der Waals surface area contributed by atoms with Gasteiger partial charge in [0.15, 0.2) is 6.29 Å². The van der Waals surface area contributed by atoms with Crippen molar-refractivity contribution in [2.45, 2.75) is 0 Å². The number of hydrogen-bond acceptors (Lipinski definition) is 2. The molecule has 0 unspecified atom stereocenters. The number of fused-ring (bicyclic) bond motifs is 2. The molecule has 2 aromatic carbocycles. The van der Waals surface area contributed by atoms with Crippen LogP contribution in [0.4, 0.5) is 0 Å². The maximum absolute atomic E-state index is 11.3. The number of carbonyl (C=O) groups is 1. The molecule has 22 heavy (non-hydrogen) atoms. The van der Waals surface area contributed by atoms with E-state index in [1.807, 2.05) is 59.3 Å². The van der Waals surface area contributed by atoms with Gasteiger partial charge >= 0.3 is 0 Å². The molecule has 0 spiro atoms. The summed E-state index contributed by atoms with van der Waals surface area (Å²) in [4.78, 5) is 15.7. The third kappa shape index (κ3) is 1.90. The van der Waals surface area contributed by atoms with Gasteiger partial charge in [-0.2, -0.15) is 0 Å². The lowest BCUT2D eigenvalue weighted by molar-refractivity contribution is 0.112. The number of benzene rings is 2. The molecule has 4 rings (SSSR count). The van der Waals surface area contributed by atoms with Crippen LogP contribution in [0.3, 0.4) is 0 Å². The summed E-state index contributed by atoms with van der Waals surface area (Å²) in [7, 11) is 0. The Morgan fingerprint density at radius 3 is 2.77 bits per heavy atom. The SMILES string of the molecule is O=Cc1cn(-c2ccnc3cc(Cl)ccc23)c2ccccc12. The van der Waals surface area contributed by atoms with Gasteiger partial charge in [-0.05, 0) is 30.3 Å². The van der Waals surface area contributed by atoms with Crippen LogP contribution in [0.1, 0.15) is 10.4 Å². The number of halogens is 1. The molecule has 4 aromatic rings. The van der Waals surface area contributed by atoms with E-state index in [0.717, 1.165) is 33.8 Å². The van der Waals surface area contributed by atoms with Crippen LogP contribution in [0.5, 0.6) is 0 Å². The summed E-state index contributed by atoms with van der Waals surface area (Å²) in [5.74, 6) is 0. The predicted octanol–water partition coefficient (Wildman–Crippen LogP) is 4.64. The molecule has 0 bridgehead atoms. The van der Waals surface area contributed by atoms with Gasteiger partial charge in [-0.15, -0.1) is 0 Å². The quantitative estimate of drug-likeness (QED) is 0.505. The summed E-state index contributed by atoms with van der Waals surface area (Å²) in [5.41, 5.74) is 3.47. The molecular weight excluding hydrogens is 296 g/mol. The van der Waals surface area contributed by atoms with E-state index < -0.39 is 0 Å². The Labute approximate surface area is 131 Å². The molecule has 0 amide bonds. The molecule has 3 nitrogen and oxygen atoms in total. The second-order valence-electron chi connectivity index (χ2n) is 5.08. The third-order valence-corrected chi connectivity index (χ3v) is 4.05. The lowest BCUT2D eigenvalue weighted by Gasteiger charge is -2.09. The number of nitrogens with zero attached hydrogens (tertiary/aromatic N) is 2. The topological polar surface area (TPSA) is 34.9 Å². The first-order valence-electron chi connectivity index (χ1n) is 6.88. The van der Waals surface area contributed by atoms with Crippen LogP contribution in [0, 0.1) is 0 Å². The molecule has 2 heterocycles. The summed E-state index contributed by atoms with van der Waals surface area (Å²) in [5, 5.41) is 2.59. The fourth-order valence-electron chi connectivity index (χ4n) is 2.82. The van der Waals surface area contributed by atoms with Crippen molar-refractivity contribution in [3.8, 4) is 5.69 Å². The lowest BCUT2D eigenvalue weighted by Crippen LogP contribution is -1.94. The number of aromatic nitrogens is 2. The molecule has 4 heteroatoms. The van der Waals surface area contributed by atoms with Crippen molar-refractivity contribution in [1.29, 1.82) is 0 Å². The minimum atomic E-state index is 0.656. The van der Waals surface area contributed by atoms with Crippen molar-refractivity contribution in [3.05, 3.63) is 71.5 Å². The lowest BCUT2D eigenvalue weighted by atomic mass is 10.2. The van der Waals surface area contributed by atoms with E-state index in [9.17, 15) is 4.79 Å². The molecule has 106 valence electrons. The monoisotopic (exact) mass is 306 g/mol. The fraction of sp³-hybridized carbons (Fsp3) is 0. The Bertz CT molecular complexity index is 1020. The van der Waals surface area contributed by atoms with Crippen LogP contribution in [0.2, 0.25) is 5.02 Å². The minimum Gasteiger partial charge on any atom is -0.315 e. The molecule has 0 aliphatic rings. The highest BCUT2D eigenvalue weighted by molar-refractivity contribution is 6.31. The first-order chi connectivity index (χ1) is 10.8. The first-order valence-corrected chi connectivity index (χ1v) is 7.25. The van der Waals surface area contributed by atoms with E-state index in [0.29, 0.717) is 10.6 Å². The van der Waals surface area contributed by atoms with E-state index in [2.05, 4.69) is 4.98 Å². The maximum atomic E-state index is 11.3. The van der Waals surface area contributed by atoms with Crippen LogP contribution in [0.15, 0.2) is 60.9 Å². The van der Waals surface area contributed by atoms with Gasteiger partial charge in [-0.25, -0.2) is 0 Å². The Morgan fingerprint density at radius 2 is 1.91 bits per heavy atom. The smallest absolute Gasteiger partial charge is 0.152 e. The van der Waals surface area contributed by atoms with Gasteiger partial charge in [0.05, 0.1) is 16.7 Å². The van der Waals surface area contributed by atoms with Crippen LogP contribution < -0.4 is 0 Å². The van der Waals surface area contributed by atoms with E-state index in [-0.39, 0.29) is 0 Å². The average molecular weight is 307 g/mol. The van der Waals surface area contributed by atoms with Gasteiger partial charge < -0.3 is 4.57 Å². The molecule has 0 radical (unpaired) electrons. The van der Waals surface area contributed by atoms with Crippen molar-refractivity contribution in [2.75, 3.05) is 0 Å². The van der Waals surface area contributed by atoms with Crippen molar-refractivity contribution in [3.63, 3.8) is 0 Å². The molecule has 0 N–H and O–H groups in total. The number of rotatable bonds is 2. The second kappa shape index (κ2) is 4.97. The van der Waals surface area contributed by atoms with Gasteiger partial charge in [0.1, 0.15) is 0 Å². The molecule has 2 aromatic heterocycles. The second-order valence-corrected chi connectivity index (χ2v) is 5.52. The van der Waals surface area contributed by atoms with E-state index in [1.54, 1.807) is 6.20 Å². The largest absolute Gasteiger partial charge is 0.315 e. The summed E-state index contributed by atoms with van der Waals surface area (Å²) < 4.78 is 2.02. The van der Waals surface area contributed by atoms with Gasteiger partial charge in [0.2, 0.25) is 0 Å². The van der Waals surface area contributed by atoms with Crippen LogP contribution >= 0.6 is 11.6 Å². The van der Waals surface area contributed by atoms with Crippen LogP contribution in [-0.2, 0) is 0 Å². The van der Waals surface area contributed by atoms with Gasteiger partial charge in [0.25, 0.3) is 0 Å². The van der Waals surface area contributed by atoms with Gasteiger partial charge in [-0.3, -0.25) is 9.78 Å². The number of para-hydroxylation sites is 1. The molecule has 0 saturated heterocycles. The first kappa shape index (κ1) is 13.0. The Morgan fingerprint density at radius 1 is 1.05 bits per heavy atom. The summed E-state index contributed by atoms with van der Waals surface area (Å²) in [6, 6.07) is 15.4. The highest BCUT2D eigenvalue weighted by Crippen LogP contribution is 2.28. The number of hydrogen-bond donors (Lipinski definition) is 0. The Kier molecular flexibility index (Phi) is 2.94. The normalized spacial score (nSPS) is 11.1. The third-order valence-electron chi connectivity index (χ3n) is 3.81. The van der Waals surface area contributed by atoms with E-state index >= 15 is 0 Å². The molecule has 0 atom stereocenters. The molecule has 0 aliphatic carbocycles. The van der Waals surface area contributed by atoms with E-state index in [1.165, 1.54) is 0 Å². The molecular formula is C18H11ClN2O. The highest BCUT2D eigenvalue weighted by atomic mass is 35.5. The Hall–Kier alpha value is -2.65. The minimum absolute atomic E-state index is 0.656. The van der Waals surface area contributed by atoms with E-state index in [4.69, 9.17) is 11.6 Å². The zero-order chi connectivity index (χ0) is 15.1. The summed E-state index contributed by atoms with van der Waals surface area (Å²) in [6.07, 6.45) is 4.50. The molecule has 0 fully saturated rings. The molecule has 0 saturated carbocycles. The number of aldehydes is 1. The fourth-order valence-corrected chi connectivity index (χ4v) is 2.98. The average Bonchev–Trinajstić information content (AvgIpc) is 2.92. The van der Waals surface area contributed by atoms with Gasteiger partial charge in [-0.1, -0.05) is 29.8 Å². The van der Waals surface area contributed by atoms with Crippen LogP contribution in [0.25, 0.3) is 27.5 Å². The molecule has 0 aliphatic heterocycles. The standard InChI is InChI=1S/C18H11ClN2O/c19-13-5-6-15-16(9-13)20-8-7-18(15)21-10-12(11-22)14-3-1-2-4-17(14)21/h1-11H. The Balaban J connectivity index is 2.10. The summed E-state index contributed by atoms with van der Waals surface area (Å²) >= 11 is 6.05. The van der Waals surface area contributed by atoms with Crippen molar-refractivity contribution in [2.24, 2.45) is 0 Å². The zero-order valence-electron chi connectivity index (χ0n) is 11.5. The maximum Gasteiger partial charge on any atom is 0.152 e. The zero-order valence-corrected chi connectivity index (χ0v) is 12.3. The van der Waals surface area contributed by atoms with Crippen molar-refractivity contribution >= 4 is 39.7 Å².